The maximum atomic E-state index is 11.8. The number of nitrogens with zero attached hydrogens (tertiary/aromatic N) is 2. The van der Waals surface area contributed by atoms with Gasteiger partial charge in [-0.2, -0.15) is 0 Å². The van der Waals surface area contributed by atoms with Crippen LogP contribution < -0.4 is 16.5 Å². The van der Waals surface area contributed by atoms with E-state index in [1.165, 1.54) is 0 Å². The van der Waals surface area contributed by atoms with E-state index in [9.17, 15) is 14.8 Å². The number of aryl methyl sites for hydroxylation is 1. The average Bonchev–Trinajstić information content (AvgIpc) is 3.13. The van der Waals surface area contributed by atoms with Crippen LogP contribution in [0.2, 0.25) is 0 Å². The third-order valence-electron chi connectivity index (χ3n) is 5.53. The number of nitrogens with two attached hydrogens (primary N) is 1. The van der Waals surface area contributed by atoms with Gasteiger partial charge in [0.2, 0.25) is 0 Å². The van der Waals surface area contributed by atoms with Crippen molar-refractivity contribution in [3.05, 3.63) is 71.1 Å². The highest BCUT2D eigenvalue weighted by Gasteiger charge is 2.21. The van der Waals surface area contributed by atoms with E-state index >= 15 is 0 Å². The van der Waals surface area contributed by atoms with Crippen LogP contribution in [0.15, 0.2) is 53.1 Å². The number of amides is 1. The molecular formula is C24H25BN4O4. The number of nitrogens with one attached hydrogen (secondary N) is 1. The molecule has 4 aromatic rings. The van der Waals surface area contributed by atoms with Crippen molar-refractivity contribution < 1.29 is 19.3 Å². The summed E-state index contributed by atoms with van der Waals surface area (Å²) < 4.78 is 5.88. The van der Waals surface area contributed by atoms with E-state index in [2.05, 4.69) is 24.1 Å². The molecule has 5 N–H and O–H groups in total. The number of hydrogen-bond donors (Lipinski definition) is 4. The standard InChI is InChI=1S/C24H25BN4O4/c1-13(2)19-12-28-24(20-14(3)33-21-17(20)8-5-9-18(21)22(26)30)29-23(19)27-11-15-6-4-7-16(10-15)25(31)32/h4-10,12-13,31-32H,11H2,1-3H3,(H2,26,30)(H,27,28,29). The van der Waals surface area contributed by atoms with Gasteiger partial charge in [-0.25, -0.2) is 9.97 Å². The van der Waals surface area contributed by atoms with Crippen molar-refractivity contribution >= 4 is 35.3 Å². The van der Waals surface area contributed by atoms with Crippen LogP contribution in [0.4, 0.5) is 5.82 Å². The molecule has 168 valence electrons. The zero-order chi connectivity index (χ0) is 23.7. The number of fused-ring (bicyclic) bond motifs is 1. The highest BCUT2D eigenvalue weighted by atomic mass is 16.4. The number of para-hydroxylation sites is 1. The van der Waals surface area contributed by atoms with Gasteiger partial charge in [0.1, 0.15) is 17.2 Å². The lowest BCUT2D eigenvalue weighted by atomic mass is 9.79. The van der Waals surface area contributed by atoms with E-state index in [1.807, 2.05) is 12.1 Å². The Morgan fingerprint density at radius 2 is 1.97 bits per heavy atom. The molecule has 1 amide bonds. The Morgan fingerprint density at radius 3 is 2.67 bits per heavy atom. The van der Waals surface area contributed by atoms with Gasteiger partial charge in [0.25, 0.3) is 5.91 Å². The monoisotopic (exact) mass is 444 g/mol. The molecule has 0 unspecified atom stereocenters. The van der Waals surface area contributed by atoms with Crippen molar-refractivity contribution in [2.45, 2.75) is 33.2 Å². The Bertz CT molecular complexity index is 1330. The van der Waals surface area contributed by atoms with Gasteiger partial charge in [-0.15, -0.1) is 0 Å². The van der Waals surface area contributed by atoms with E-state index in [1.54, 1.807) is 43.5 Å². The summed E-state index contributed by atoms with van der Waals surface area (Å²) in [6.07, 6.45) is 1.79. The fourth-order valence-electron chi connectivity index (χ4n) is 3.83. The van der Waals surface area contributed by atoms with Crippen LogP contribution >= 0.6 is 0 Å². The third-order valence-corrected chi connectivity index (χ3v) is 5.53. The lowest BCUT2D eigenvalue weighted by Gasteiger charge is -2.15. The first-order chi connectivity index (χ1) is 15.8. The fraction of sp³-hybridized carbons (Fsp3) is 0.208. The van der Waals surface area contributed by atoms with Crippen LogP contribution in [0.5, 0.6) is 0 Å². The number of furan rings is 1. The SMILES string of the molecule is Cc1oc2c(C(N)=O)cccc2c1-c1ncc(C(C)C)c(NCc2cccc(B(O)O)c2)n1. The Morgan fingerprint density at radius 1 is 1.21 bits per heavy atom. The second-order valence-electron chi connectivity index (χ2n) is 8.20. The molecule has 0 fully saturated rings. The molecule has 0 bridgehead atoms. The quantitative estimate of drug-likeness (QED) is 0.322. The normalized spacial score (nSPS) is 11.2. The predicted molar refractivity (Wildman–Crippen MR) is 128 cm³/mol. The van der Waals surface area contributed by atoms with Crippen molar-refractivity contribution in [1.29, 1.82) is 0 Å². The maximum absolute atomic E-state index is 11.8. The minimum atomic E-state index is -1.52. The van der Waals surface area contributed by atoms with E-state index < -0.39 is 13.0 Å². The first-order valence-corrected chi connectivity index (χ1v) is 10.6. The maximum Gasteiger partial charge on any atom is 0.488 e. The van der Waals surface area contributed by atoms with Gasteiger partial charge in [0.15, 0.2) is 5.82 Å². The summed E-state index contributed by atoms with van der Waals surface area (Å²) in [5.74, 6) is 1.35. The molecule has 0 aliphatic rings. The molecule has 0 aliphatic heterocycles. The average molecular weight is 444 g/mol. The molecule has 0 radical (unpaired) electrons. The van der Waals surface area contributed by atoms with Crippen molar-refractivity contribution in [1.82, 2.24) is 9.97 Å². The number of benzene rings is 2. The summed E-state index contributed by atoms with van der Waals surface area (Å²) in [5, 5.41) is 22.9. The molecule has 0 aliphatic carbocycles. The number of primary amides is 1. The molecule has 2 aromatic heterocycles. The van der Waals surface area contributed by atoms with Gasteiger partial charge in [-0.05, 0) is 29.9 Å². The number of carbonyl (C=O) groups is 1. The second kappa shape index (κ2) is 9.05. The summed E-state index contributed by atoms with van der Waals surface area (Å²) in [7, 11) is -1.52. The summed E-state index contributed by atoms with van der Waals surface area (Å²) in [6.45, 7) is 6.36. The summed E-state index contributed by atoms with van der Waals surface area (Å²) in [6, 6.07) is 12.3. The Labute approximate surface area is 191 Å². The largest absolute Gasteiger partial charge is 0.488 e. The lowest BCUT2D eigenvalue weighted by molar-refractivity contribution is 0.100. The molecule has 2 heterocycles. The van der Waals surface area contributed by atoms with Gasteiger partial charge in [0.05, 0.1) is 11.1 Å². The van der Waals surface area contributed by atoms with Crippen molar-refractivity contribution in [3.8, 4) is 11.4 Å². The molecule has 33 heavy (non-hydrogen) atoms. The van der Waals surface area contributed by atoms with E-state index in [0.717, 1.165) is 16.5 Å². The van der Waals surface area contributed by atoms with Crippen LogP contribution in [0.3, 0.4) is 0 Å². The predicted octanol–water partition coefficient (Wildman–Crippen LogP) is 2.71. The molecule has 9 heteroatoms. The highest BCUT2D eigenvalue weighted by Crippen LogP contribution is 2.35. The molecule has 0 atom stereocenters. The van der Waals surface area contributed by atoms with Crippen molar-refractivity contribution in [3.63, 3.8) is 0 Å². The molecule has 0 saturated heterocycles. The van der Waals surface area contributed by atoms with Crippen molar-refractivity contribution in [2.24, 2.45) is 5.73 Å². The number of aromatic nitrogens is 2. The van der Waals surface area contributed by atoms with E-state index in [-0.39, 0.29) is 5.92 Å². The minimum Gasteiger partial charge on any atom is -0.460 e. The Hall–Kier alpha value is -3.69. The van der Waals surface area contributed by atoms with Gasteiger partial charge >= 0.3 is 7.12 Å². The minimum absolute atomic E-state index is 0.177. The lowest BCUT2D eigenvalue weighted by Crippen LogP contribution is -2.30. The first-order valence-electron chi connectivity index (χ1n) is 10.6. The molecule has 0 saturated carbocycles. The Kier molecular flexibility index (Phi) is 6.17. The summed E-state index contributed by atoms with van der Waals surface area (Å²) in [4.78, 5) is 21.2. The molecule has 4 rings (SSSR count). The van der Waals surface area contributed by atoms with Crippen LogP contribution in [-0.2, 0) is 6.54 Å². The summed E-state index contributed by atoms with van der Waals surface area (Å²) in [5.41, 5.74) is 9.19. The second-order valence-corrected chi connectivity index (χ2v) is 8.20. The zero-order valence-electron chi connectivity index (χ0n) is 18.7. The summed E-state index contributed by atoms with van der Waals surface area (Å²) >= 11 is 0. The molecule has 8 nitrogen and oxygen atoms in total. The van der Waals surface area contributed by atoms with Crippen LogP contribution in [0.1, 0.15) is 47.0 Å². The van der Waals surface area contributed by atoms with E-state index in [4.69, 9.17) is 15.1 Å². The van der Waals surface area contributed by atoms with Crippen LogP contribution in [0, 0.1) is 6.92 Å². The van der Waals surface area contributed by atoms with Gasteiger partial charge in [-0.1, -0.05) is 50.2 Å². The number of anilines is 1. The fourth-order valence-corrected chi connectivity index (χ4v) is 3.83. The molecule has 2 aromatic carbocycles. The highest BCUT2D eigenvalue weighted by molar-refractivity contribution is 6.58. The Balaban J connectivity index is 1.74. The topological polar surface area (TPSA) is 134 Å². The zero-order valence-corrected chi connectivity index (χ0v) is 18.7. The molecule has 0 spiro atoms. The van der Waals surface area contributed by atoms with Crippen LogP contribution in [0.25, 0.3) is 22.4 Å². The number of carbonyl (C=O) groups excluding carboxylic acids is 1. The third kappa shape index (κ3) is 4.46. The number of hydrogen-bond acceptors (Lipinski definition) is 7. The number of rotatable bonds is 7. The van der Waals surface area contributed by atoms with E-state index in [0.29, 0.717) is 46.1 Å². The van der Waals surface area contributed by atoms with Gasteiger partial charge in [0, 0.05) is 23.7 Å². The van der Waals surface area contributed by atoms with Crippen LogP contribution in [-0.4, -0.2) is 33.0 Å². The molecular weight excluding hydrogens is 419 g/mol. The van der Waals surface area contributed by atoms with Crippen molar-refractivity contribution in [2.75, 3.05) is 5.32 Å². The van der Waals surface area contributed by atoms with Gasteiger partial charge in [-0.3, -0.25) is 4.79 Å². The van der Waals surface area contributed by atoms with Gasteiger partial charge < -0.3 is 25.5 Å². The first kappa shape index (κ1) is 22.5. The smallest absolute Gasteiger partial charge is 0.460 e.